The van der Waals surface area contributed by atoms with Gasteiger partial charge < -0.3 is 15.0 Å². The number of ketones is 1. The molecule has 4 rings (SSSR count). The Bertz CT molecular complexity index is 1320. The van der Waals surface area contributed by atoms with Crippen LogP contribution >= 0.6 is 15.9 Å². The van der Waals surface area contributed by atoms with Crippen LogP contribution in [0.2, 0.25) is 0 Å². The molecule has 1 N–H and O–H groups in total. The molecule has 1 aliphatic rings. The van der Waals surface area contributed by atoms with Crippen LogP contribution in [0, 0.1) is 19.8 Å². The van der Waals surface area contributed by atoms with Gasteiger partial charge in [-0.15, -0.1) is 0 Å². The first-order valence-corrected chi connectivity index (χ1v) is 12.3. The number of amides is 2. The van der Waals surface area contributed by atoms with E-state index in [2.05, 4.69) is 21.2 Å². The largest absolute Gasteiger partial charge is 0.454 e. The van der Waals surface area contributed by atoms with Crippen molar-refractivity contribution in [1.82, 2.24) is 0 Å². The first-order valence-electron chi connectivity index (χ1n) is 11.5. The normalized spacial score (nSPS) is 15.0. The van der Waals surface area contributed by atoms with Crippen LogP contribution in [0.25, 0.3) is 0 Å². The third kappa shape index (κ3) is 5.71. The minimum atomic E-state index is -0.635. The predicted molar refractivity (Wildman–Crippen MR) is 140 cm³/mol. The second-order valence-corrected chi connectivity index (χ2v) is 9.61. The number of Topliss-reactive ketones (excluding diaryl/α,β-unsaturated/α-hetero) is 1. The number of nitrogens with one attached hydrogen (secondary N) is 1. The van der Waals surface area contributed by atoms with Crippen LogP contribution in [0.4, 0.5) is 11.4 Å². The third-order valence-corrected chi connectivity index (χ3v) is 6.78. The van der Waals surface area contributed by atoms with E-state index < -0.39 is 11.9 Å². The molecule has 0 spiro atoms. The van der Waals surface area contributed by atoms with E-state index in [1.807, 2.05) is 32.0 Å². The molecule has 1 fully saturated rings. The lowest BCUT2D eigenvalue weighted by Crippen LogP contribution is -2.28. The monoisotopic (exact) mass is 548 g/mol. The fourth-order valence-corrected chi connectivity index (χ4v) is 4.28. The summed E-state index contributed by atoms with van der Waals surface area (Å²) in [6, 6.07) is 18.8. The van der Waals surface area contributed by atoms with Crippen LogP contribution in [0.5, 0.6) is 0 Å². The van der Waals surface area contributed by atoms with Crippen molar-refractivity contribution in [2.45, 2.75) is 20.3 Å². The molecule has 0 radical (unpaired) electrons. The molecule has 1 atom stereocenters. The Hall–Kier alpha value is -3.78. The van der Waals surface area contributed by atoms with Gasteiger partial charge in [0.2, 0.25) is 11.8 Å². The Labute approximate surface area is 217 Å². The molecule has 0 unspecified atom stereocenters. The van der Waals surface area contributed by atoms with Gasteiger partial charge in [0.15, 0.2) is 12.4 Å². The number of anilines is 2. The zero-order valence-corrected chi connectivity index (χ0v) is 21.5. The summed E-state index contributed by atoms with van der Waals surface area (Å²) in [6.45, 7) is 3.90. The van der Waals surface area contributed by atoms with Gasteiger partial charge >= 0.3 is 5.97 Å². The second-order valence-electron chi connectivity index (χ2n) is 8.70. The number of aryl methyl sites for hydroxylation is 1. The van der Waals surface area contributed by atoms with Gasteiger partial charge in [-0.05, 0) is 67.4 Å². The molecule has 7 nitrogen and oxygen atoms in total. The summed E-state index contributed by atoms with van der Waals surface area (Å²) in [4.78, 5) is 51.6. The molecular formula is C28H25BrN2O5. The fraction of sp³-hybridized carbons (Fsp3) is 0.214. The summed E-state index contributed by atoms with van der Waals surface area (Å²) < 4.78 is 5.98. The number of ether oxygens (including phenoxy) is 1. The maximum Gasteiger partial charge on any atom is 0.338 e. The first kappa shape index (κ1) is 25.3. The Morgan fingerprint density at radius 3 is 2.33 bits per heavy atom. The molecule has 3 aromatic carbocycles. The summed E-state index contributed by atoms with van der Waals surface area (Å²) in [6.07, 6.45) is 0.135. The number of nitrogens with zero attached hydrogens (tertiary/aromatic N) is 1. The molecule has 8 heteroatoms. The Balaban J connectivity index is 1.32. The van der Waals surface area contributed by atoms with Crippen LogP contribution in [0.15, 0.2) is 71.2 Å². The quantitative estimate of drug-likeness (QED) is 0.327. The predicted octanol–water partition coefficient (Wildman–Crippen LogP) is 5.10. The van der Waals surface area contributed by atoms with E-state index >= 15 is 0 Å². The van der Waals surface area contributed by atoms with Crippen LogP contribution < -0.4 is 10.2 Å². The summed E-state index contributed by atoms with van der Waals surface area (Å²) in [5, 5.41) is 2.82. The summed E-state index contributed by atoms with van der Waals surface area (Å²) in [7, 11) is 0. The van der Waals surface area contributed by atoms with Gasteiger partial charge in [-0.25, -0.2) is 4.79 Å². The summed E-state index contributed by atoms with van der Waals surface area (Å²) in [5.41, 5.74) is 4.15. The van der Waals surface area contributed by atoms with Crippen LogP contribution in [0.1, 0.15) is 38.3 Å². The van der Waals surface area contributed by atoms with Gasteiger partial charge in [0, 0.05) is 34.4 Å². The van der Waals surface area contributed by atoms with Crippen molar-refractivity contribution in [3.05, 3.63) is 93.5 Å². The standard InChI is InChI=1S/C28H25BrN2O5/c1-17-4-3-5-24(18(17)2)31-15-21(14-26(31)33)27(34)30-23-12-8-20(9-13-23)28(35)36-16-25(32)19-6-10-22(29)11-7-19/h3-13,21H,14-16H2,1-2H3,(H,30,34)/t21-/m1/s1. The zero-order valence-electron chi connectivity index (χ0n) is 19.9. The van der Waals surface area contributed by atoms with E-state index in [4.69, 9.17) is 4.74 Å². The van der Waals surface area contributed by atoms with E-state index in [1.165, 1.54) is 12.1 Å². The maximum atomic E-state index is 12.8. The number of halogens is 1. The lowest BCUT2D eigenvalue weighted by Gasteiger charge is -2.20. The second kappa shape index (κ2) is 10.9. The van der Waals surface area contributed by atoms with Gasteiger partial charge in [0.25, 0.3) is 0 Å². The van der Waals surface area contributed by atoms with E-state index in [0.29, 0.717) is 17.8 Å². The molecule has 1 heterocycles. The fourth-order valence-electron chi connectivity index (χ4n) is 4.01. The lowest BCUT2D eigenvalue weighted by atomic mass is 10.1. The number of hydrogen-bond acceptors (Lipinski definition) is 5. The minimum absolute atomic E-state index is 0.0837. The smallest absolute Gasteiger partial charge is 0.338 e. The highest BCUT2D eigenvalue weighted by molar-refractivity contribution is 9.10. The third-order valence-electron chi connectivity index (χ3n) is 6.25. The van der Waals surface area contributed by atoms with Crippen LogP contribution in [-0.2, 0) is 14.3 Å². The van der Waals surface area contributed by atoms with E-state index in [1.54, 1.807) is 41.3 Å². The van der Waals surface area contributed by atoms with Gasteiger partial charge in [0.1, 0.15) is 0 Å². The highest BCUT2D eigenvalue weighted by Gasteiger charge is 2.35. The first-order chi connectivity index (χ1) is 17.2. The van der Waals surface area contributed by atoms with Gasteiger partial charge in [-0.1, -0.05) is 40.2 Å². The molecular weight excluding hydrogens is 524 g/mol. The van der Waals surface area contributed by atoms with Crippen LogP contribution in [0.3, 0.4) is 0 Å². The number of carbonyl (C=O) groups excluding carboxylic acids is 4. The van der Waals surface area contributed by atoms with Crippen molar-refractivity contribution in [2.75, 3.05) is 23.4 Å². The van der Waals surface area contributed by atoms with Crippen molar-refractivity contribution in [3.8, 4) is 0 Å². The van der Waals surface area contributed by atoms with Gasteiger partial charge in [0.05, 0.1) is 11.5 Å². The molecule has 36 heavy (non-hydrogen) atoms. The molecule has 1 aliphatic heterocycles. The highest BCUT2D eigenvalue weighted by atomic mass is 79.9. The molecule has 2 amide bonds. The van der Waals surface area contributed by atoms with E-state index in [-0.39, 0.29) is 36.2 Å². The molecule has 0 aromatic heterocycles. The van der Waals surface area contributed by atoms with Crippen LogP contribution in [-0.4, -0.2) is 36.7 Å². The number of carbonyl (C=O) groups is 4. The van der Waals surface area contributed by atoms with Crippen molar-refractivity contribution in [2.24, 2.45) is 5.92 Å². The minimum Gasteiger partial charge on any atom is -0.454 e. The highest BCUT2D eigenvalue weighted by Crippen LogP contribution is 2.30. The zero-order chi connectivity index (χ0) is 25.8. The van der Waals surface area contributed by atoms with Gasteiger partial charge in [-0.2, -0.15) is 0 Å². The molecule has 3 aromatic rings. The number of benzene rings is 3. The van der Waals surface area contributed by atoms with Crippen molar-refractivity contribution in [1.29, 1.82) is 0 Å². The average Bonchev–Trinajstić information content (AvgIpc) is 3.26. The Morgan fingerprint density at radius 2 is 1.64 bits per heavy atom. The average molecular weight is 549 g/mol. The SMILES string of the molecule is Cc1cccc(N2C[C@H](C(=O)Nc3ccc(C(=O)OCC(=O)c4ccc(Br)cc4)cc3)CC2=O)c1C. The van der Waals surface area contributed by atoms with Gasteiger partial charge in [-0.3, -0.25) is 14.4 Å². The number of hydrogen-bond donors (Lipinski definition) is 1. The molecule has 184 valence electrons. The van der Waals surface area contributed by atoms with Crippen molar-refractivity contribution < 1.29 is 23.9 Å². The molecule has 1 saturated heterocycles. The van der Waals surface area contributed by atoms with Crippen molar-refractivity contribution in [3.63, 3.8) is 0 Å². The Morgan fingerprint density at radius 1 is 0.972 bits per heavy atom. The summed E-state index contributed by atoms with van der Waals surface area (Å²) in [5.74, 6) is -1.76. The van der Waals surface area contributed by atoms with Crippen molar-refractivity contribution >= 4 is 50.9 Å². The molecule has 0 saturated carbocycles. The topological polar surface area (TPSA) is 92.8 Å². The Kier molecular flexibility index (Phi) is 7.64. The van der Waals surface area contributed by atoms with E-state index in [0.717, 1.165) is 21.3 Å². The van der Waals surface area contributed by atoms with E-state index in [9.17, 15) is 19.2 Å². The molecule has 0 bridgehead atoms. The summed E-state index contributed by atoms with van der Waals surface area (Å²) >= 11 is 3.31. The number of esters is 1. The number of rotatable bonds is 7. The lowest BCUT2D eigenvalue weighted by molar-refractivity contribution is -0.122. The molecule has 0 aliphatic carbocycles. The maximum absolute atomic E-state index is 12.8.